The van der Waals surface area contributed by atoms with Crippen molar-refractivity contribution >= 4 is 40.8 Å². The van der Waals surface area contributed by atoms with Gasteiger partial charge in [-0.3, -0.25) is 4.79 Å². The zero-order chi connectivity index (χ0) is 14.0. The lowest BCUT2D eigenvalue weighted by Gasteiger charge is -2.09. The molecule has 1 aromatic carbocycles. The minimum atomic E-state index is -0.948. The lowest BCUT2D eigenvalue weighted by atomic mass is 10.00. The van der Waals surface area contributed by atoms with E-state index in [1.165, 1.54) is 12.3 Å². The molecule has 6 heteroatoms. The van der Waals surface area contributed by atoms with E-state index in [1.807, 2.05) is 0 Å². The SMILES string of the molecule is O=C(O)Cc1cc(Cl)ncc1-c1cc(Cl)cc(Cl)c1. The summed E-state index contributed by atoms with van der Waals surface area (Å²) in [5.41, 5.74) is 1.92. The summed E-state index contributed by atoms with van der Waals surface area (Å²) in [4.78, 5) is 14.9. The molecule has 0 amide bonds. The second-order valence-corrected chi connectivity index (χ2v) is 5.15. The Balaban J connectivity index is 2.57. The van der Waals surface area contributed by atoms with Crippen LogP contribution in [-0.2, 0) is 11.2 Å². The standard InChI is InChI=1S/C13H8Cl3NO2/c14-9-1-7(2-10(15)5-9)11-6-17-12(16)3-8(11)4-13(18)19/h1-3,5-6H,4H2,(H,18,19). The number of carboxylic acid groups (broad SMARTS) is 1. The van der Waals surface area contributed by atoms with Crippen molar-refractivity contribution in [3.8, 4) is 11.1 Å². The molecule has 2 rings (SSSR count). The number of carboxylic acids is 1. The van der Waals surface area contributed by atoms with Gasteiger partial charge in [-0.25, -0.2) is 4.98 Å². The van der Waals surface area contributed by atoms with E-state index in [9.17, 15) is 4.79 Å². The highest BCUT2D eigenvalue weighted by Gasteiger charge is 2.11. The van der Waals surface area contributed by atoms with Crippen molar-refractivity contribution in [2.75, 3.05) is 0 Å². The van der Waals surface area contributed by atoms with Gasteiger partial charge in [0.25, 0.3) is 0 Å². The monoisotopic (exact) mass is 315 g/mol. The number of carbonyl (C=O) groups is 1. The number of benzene rings is 1. The normalized spacial score (nSPS) is 10.5. The molecule has 98 valence electrons. The molecule has 0 saturated carbocycles. The molecule has 19 heavy (non-hydrogen) atoms. The summed E-state index contributed by atoms with van der Waals surface area (Å²) in [7, 11) is 0. The molecule has 0 aliphatic heterocycles. The number of rotatable bonds is 3. The summed E-state index contributed by atoms with van der Waals surface area (Å²) in [6.07, 6.45) is 1.37. The molecule has 0 aliphatic carbocycles. The van der Waals surface area contributed by atoms with Gasteiger partial charge in [0.15, 0.2) is 0 Å². The number of pyridine rings is 1. The molecular weight excluding hydrogens is 309 g/mol. The summed E-state index contributed by atoms with van der Waals surface area (Å²) in [5, 5.41) is 10.1. The Kier molecular flexibility index (Phi) is 4.30. The maximum atomic E-state index is 10.9. The fourth-order valence-corrected chi connectivity index (χ4v) is 2.45. The van der Waals surface area contributed by atoms with Crippen LogP contribution in [0.4, 0.5) is 0 Å². The van der Waals surface area contributed by atoms with E-state index >= 15 is 0 Å². The highest BCUT2D eigenvalue weighted by atomic mass is 35.5. The highest BCUT2D eigenvalue weighted by molar-refractivity contribution is 6.35. The van der Waals surface area contributed by atoms with Crippen LogP contribution in [0, 0.1) is 0 Å². The van der Waals surface area contributed by atoms with Gasteiger partial charge in [0.05, 0.1) is 6.42 Å². The number of nitrogens with zero attached hydrogens (tertiary/aromatic N) is 1. The van der Waals surface area contributed by atoms with Gasteiger partial charge in [0, 0.05) is 21.8 Å². The molecule has 0 spiro atoms. The predicted octanol–water partition coefficient (Wildman–Crippen LogP) is 4.34. The van der Waals surface area contributed by atoms with Gasteiger partial charge in [0.2, 0.25) is 0 Å². The van der Waals surface area contributed by atoms with Crippen LogP contribution in [0.15, 0.2) is 30.5 Å². The van der Waals surface area contributed by atoms with Gasteiger partial charge >= 0.3 is 5.97 Å². The van der Waals surface area contributed by atoms with Crippen molar-refractivity contribution in [3.63, 3.8) is 0 Å². The van der Waals surface area contributed by atoms with Gasteiger partial charge in [-0.15, -0.1) is 0 Å². The summed E-state index contributed by atoms with van der Waals surface area (Å²) in [6.45, 7) is 0. The van der Waals surface area contributed by atoms with Crippen molar-refractivity contribution in [1.29, 1.82) is 0 Å². The van der Waals surface area contributed by atoms with Gasteiger partial charge in [-0.05, 0) is 35.4 Å². The van der Waals surface area contributed by atoms with E-state index in [4.69, 9.17) is 39.9 Å². The van der Waals surface area contributed by atoms with Gasteiger partial charge in [0.1, 0.15) is 5.15 Å². The minimum absolute atomic E-state index is 0.151. The maximum absolute atomic E-state index is 10.9. The number of halogens is 3. The fraction of sp³-hybridized carbons (Fsp3) is 0.0769. The first-order valence-corrected chi connectivity index (χ1v) is 6.42. The van der Waals surface area contributed by atoms with Crippen LogP contribution in [-0.4, -0.2) is 16.1 Å². The van der Waals surface area contributed by atoms with Crippen molar-refractivity contribution < 1.29 is 9.90 Å². The van der Waals surface area contributed by atoms with Gasteiger partial charge in [-0.1, -0.05) is 34.8 Å². The average molecular weight is 317 g/mol. The highest BCUT2D eigenvalue weighted by Crippen LogP contribution is 2.30. The molecule has 3 nitrogen and oxygen atoms in total. The molecule has 1 aromatic heterocycles. The first-order valence-electron chi connectivity index (χ1n) is 5.28. The van der Waals surface area contributed by atoms with Crippen LogP contribution >= 0.6 is 34.8 Å². The third kappa shape index (κ3) is 3.60. The van der Waals surface area contributed by atoms with Crippen molar-refractivity contribution in [2.24, 2.45) is 0 Å². The average Bonchev–Trinajstić information content (AvgIpc) is 2.26. The molecule has 0 saturated heterocycles. The molecule has 0 atom stereocenters. The Morgan fingerprint density at radius 1 is 1.11 bits per heavy atom. The second kappa shape index (κ2) is 5.78. The third-order valence-corrected chi connectivity index (χ3v) is 3.11. The van der Waals surface area contributed by atoms with Crippen molar-refractivity contribution in [3.05, 3.63) is 51.2 Å². The molecule has 1 N–H and O–H groups in total. The summed E-state index contributed by atoms with van der Waals surface area (Å²) in [6, 6.07) is 6.53. The van der Waals surface area contributed by atoms with Crippen LogP contribution < -0.4 is 0 Å². The molecule has 2 aromatic rings. The van der Waals surface area contributed by atoms with Gasteiger partial charge in [-0.2, -0.15) is 0 Å². The van der Waals surface area contributed by atoms with Crippen molar-refractivity contribution in [2.45, 2.75) is 6.42 Å². The number of hydrogen-bond acceptors (Lipinski definition) is 2. The Morgan fingerprint density at radius 3 is 2.32 bits per heavy atom. The minimum Gasteiger partial charge on any atom is -0.481 e. The molecule has 0 unspecified atom stereocenters. The number of aromatic nitrogens is 1. The summed E-state index contributed by atoms with van der Waals surface area (Å²) in [5.74, 6) is -0.948. The van der Waals surface area contributed by atoms with Crippen LogP contribution in [0.1, 0.15) is 5.56 Å². The first-order chi connectivity index (χ1) is 8.95. The zero-order valence-corrected chi connectivity index (χ0v) is 11.8. The molecule has 0 aliphatic rings. The van der Waals surface area contributed by atoms with Crippen LogP contribution in [0.5, 0.6) is 0 Å². The van der Waals surface area contributed by atoms with E-state index in [1.54, 1.807) is 18.2 Å². The van der Waals surface area contributed by atoms with Gasteiger partial charge < -0.3 is 5.11 Å². The quantitative estimate of drug-likeness (QED) is 0.857. The van der Waals surface area contributed by atoms with E-state index < -0.39 is 5.97 Å². The van der Waals surface area contributed by atoms with E-state index in [0.29, 0.717) is 26.7 Å². The van der Waals surface area contributed by atoms with Crippen LogP contribution in [0.3, 0.4) is 0 Å². The predicted molar refractivity (Wildman–Crippen MR) is 76.0 cm³/mol. The number of aliphatic carboxylic acids is 1. The molecule has 0 bridgehead atoms. The lowest BCUT2D eigenvalue weighted by Crippen LogP contribution is -2.02. The topological polar surface area (TPSA) is 50.2 Å². The molecule has 1 heterocycles. The number of hydrogen-bond donors (Lipinski definition) is 1. The first kappa shape index (κ1) is 14.1. The maximum Gasteiger partial charge on any atom is 0.307 e. The fourth-order valence-electron chi connectivity index (χ4n) is 1.75. The zero-order valence-electron chi connectivity index (χ0n) is 9.53. The Hall–Kier alpha value is -1.29. The lowest BCUT2D eigenvalue weighted by molar-refractivity contribution is -0.136. The van der Waals surface area contributed by atoms with E-state index in [0.717, 1.165) is 0 Å². The largest absolute Gasteiger partial charge is 0.481 e. The molecule has 0 fully saturated rings. The second-order valence-electron chi connectivity index (χ2n) is 3.89. The Morgan fingerprint density at radius 2 is 1.74 bits per heavy atom. The van der Waals surface area contributed by atoms with Crippen molar-refractivity contribution in [1.82, 2.24) is 4.98 Å². The summed E-state index contributed by atoms with van der Waals surface area (Å²) < 4.78 is 0. The van der Waals surface area contributed by atoms with E-state index in [2.05, 4.69) is 4.98 Å². The summed E-state index contributed by atoms with van der Waals surface area (Å²) >= 11 is 17.7. The van der Waals surface area contributed by atoms with Crippen LogP contribution in [0.25, 0.3) is 11.1 Å². The molecule has 0 radical (unpaired) electrons. The molecular formula is C13H8Cl3NO2. The van der Waals surface area contributed by atoms with Crippen LogP contribution in [0.2, 0.25) is 15.2 Å². The van der Waals surface area contributed by atoms with E-state index in [-0.39, 0.29) is 11.6 Å². The smallest absolute Gasteiger partial charge is 0.307 e. The Bertz CT molecular complexity index is 624. The Labute approximate surface area is 124 Å². The third-order valence-electron chi connectivity index (χ3n) is 2.47.